The number of aliphatic hydroxyl groups excluding tert-OH is 1. The molecule has 3 aromatic rings. The molecule has 2 aromatic carbocycles. The fourth-order valence-electron chi connectivity index (χ4n) is 3.87. The Hall–Kier alpha value is -2.30. The molecule has 1 aliphatic heterocycles. The molecule has 0 radical (unpaired) electrons. The third-order valence-corrected chi connectivity index (χ3v) is 5.68. The van der Waals surface area contributed by atoms with Crippen LogP contribution < -0.4 is 4.90 Å². The third kappa shape index (κ3) is 3.35. The van der Waals surface area contributed by atoms with Crippen LogP contribution in [0.5, 0.6) is 0 Å². The summed E-state index contributed by atoms with van der Waals surface area (Å²) in [5, 5.41) is 11.8. The molecule has 4 rings (SSSR count). The van der Waals surface area contributed by atoms with Gasteiger partial charge in [0.2, 0.25) is 0 Å². The standard InChI is InChI=1S/C22H27N3O/c1-16-4-3-5-21(17(16)2)25-12-10-24(11-13-25)15-22(26)19-7-6-18-8-9-23-20(18)14-19/h3-9,14,22-23,26H,10-13,15H2,1-2H3. The van der Waals surface area contributed by atoms with Crippen LogP contribution in [0.2, 0.25) is 0 Å². The first-order chi connectivity index (χ1) is 12.6. The van der Waals surface area contributed by atoms with Crippen LogP contribution >= 0.6 is 0 Å². The van der Waals surface area contributed by atoms with E-state index in [-0.39, 0.29) is 0 Å². The predicted octanol–water partition coefficient (Wildman–Crippen LogP) is 3.64. The van der Waals surface area contributed by atoms with Crippen LogP contribution in [-0.2, 0) is 0 Å². The van der Waals surface area contributed by atoms with Crippen LogP contribution in [0.15, 0.2) is 48.7 Å². The van der Waals surface area contributed by atoms with Crippen molar-refractivity contribution in [1.29, 1.82) is 0 Å². The Balaban J connectivity index is 1.38. The number of anilines is 1. The molecule has 1 saturated heterocycles. The smallest absolute Gasteiger partial charge is 0.0917 e. The van der Waals surface area contributed by atoms with Crippen molar-refractivity contribution in [3.8, 4) is 0 Å². The molecule has 0 saturated carbocycles. The SMILES string of the molecule is Cc1cccc(N2CCN(CC(O)c3ccc4cc[nH]c4c3)CC2)c1C. The number of nitrogens with zero attached hydrogens (tertiary/aromatic N) is 2. The van der Waals surface area contributed by atoms with Gasteiger partial charge in [-0.2, -0.15) is 0 Å². The molecule has 0 amide bonds. The summed E-state index contributed by atoms with van der Waals surface area (Å²) >= 11 is 0. The number of β-amino-alcohol motifs (C(OH)–C–C–N with tert-alkyl or cyclic N) is 1. The Morgan fingerprint density at radius 3 is 2.65 bits per heavy atom. The number of hydrogen-bond acceptors (Lipinski definition) is 3. The Labute approximate surface area is 155 Å². The van der Waals surface area contributed by atoms with E-state index in [4.69, 9.17) is 0 Å². The summed E-state index contributed by atoms with van der Waals surface area (Å²) in [5.74, 6) is 0. The molecule has 1 aromatic heterocycles. The van der Waals surface area contributed by atoms with E-state index in [1.165, 1.54) is 22.2 Å². The van der Waals surface area contributed by atoms with Gasteiger partial charge in [-0.15, -0.1) is 0 Å². The van der Waals surface area contributed by atoms with Gasteiger partial charge in [-0.05, 0) is 54.1 Å². The lowest BCUT2D eigenvalue weighted by molar-refractivity contribution is 0.109. The second-order valence-electron chi connectivity index (χ2n) is 7.35. The normalized spacial score (nSPS) is 17.0. The number of benzene rings is 2. The van der Waals surface area contributed by atoms with E-state index in [2.05, 4.69) is 65.0 Å². The lowest BCUT2D eigenvalue weighted by Gasteiger charge is -2.37. The monoisotopic (exact) mass is 349 g/mol. The van der Waals surface area contributed by atoms with E-state index in [0.717, 1.165) is 37.3 Å². The zero-order chi connectivity index (χ0) is 18.1. The molecule has 1 atom stereocenters. The average Bonchev–Trinajstić information content (AvgIpc) is 3.12. The number of rotatable bonds is 4. The minimum absolute atomic E-state index is 0.449. The number of piperazine rings is 1. The summed E-state index contributed by atoms with van der Waals surface area (Å²) < 4.78 is 0. The number of fused-ring (bicyclic) bond motifs is 1. The highest BCUT2D eigenvalue weighted by molar-refractivity contribution is 5.79. The molecular formula is C22H27N3O. The van der Waals surface area contributed by atoms with Crippen LogP contribution in [0.25, 0.3) is 10.9 Å². The van der Waals surface area contributed by atoms with E-state index in [1.807, 2.05) is 12.3 Å². The summed E-state index contributed by atoms with van der Waals surface area (Å²) in [4.78, 5) is 8.06. The average molecular weight is 349 g/mol. The Bertz CT molecular complexity index is 893. The molecule has 1 unspecified atom stereocenters. The van der Waals surface area contributed by atoms with E-state index in [9.17, 15) is 5.11 Å². The summed E-state index contributed by atoms with van der Waals surface area (Å²) in [6.07, 6.45) is 1.49. The maximum Gasteiger partial charge on any atom is 0.0917 e. The van der Waals surface area contributed by atoms with Crippen molar-refractivity contribution in [3.63, 3.8) is 0 Å². The molecule has 0 spiro atoms. The van der Waals surface area contributed by atoms with E-state index in [0.29, 0.717) is 6.54 Å². The second-order valence-corrected chi connectivity index (χ2v) is 7.35. The molecule has 2 N–H and O–H groups in total. The fraction of sp³-hybridized carbons (Fsp3) is 0.364. The molecule has 0 aliphatic carbocycles. The van der Waals surface area contributed by atoms with Crippen molar-refractivity contribution in [2.75, 3.05) is 37.6 Å². The number of aliphatic hydroxyl groups is 1. The van der Waals surface area contributed by atoms with Crippen molar-refractivity contribution in [2.45, 2.75) is 20.0 Å². The molecule has 0 bridgehead atoms. The van der Waals surface area contributed by atoms with Crippen LogP contribution in [0.3, 0.4) is 0 Å². The Kier molecular flexibility index (Phi) is 4.70. The summed E-state index contributed by atoms with van der Waals surface area (Å²) in [6.45, 7) is 9.04. The van der Waals surface area contributed by atoms with Gasteiger partial charge in [0.15, 0.2) is 0 Å². The molecule has 4 nitrogen and oxygen atoms in total. The Morgan fingerprint density at radius 2 is 1.85 bits per heavy atom. The number of aromatic nitrogens is 1. The minimum atomic E-state index is -0.449. The molecular weight excluding hydrogens is 322 g/mol. The topological polar surface area (TPSA) is 42.5 Å². The molecule has 1 aliphatic rings. The fourth-order valence-corrected chi connectivity index (χ4v) is 3.87. The first kappa shape index (κ1) is 17.1. The van der Waals surface area contributed by atoms with Crippen LogP contribution in [-0.4, -0.2) is 47.7 Å². The lowest BCUT2D eigenvalue weighted by atomic mass is 10.1. The Morgan fingerprint density at radius 1 is 1.04 bits per heavy atom. The summed E-state index contributed by atoms with van der Waals surface area (Å²) in [6, 6.07) is 14.8. The third-order valence-electron chi connectivity index (χ3n) is 5.68. The number of aromatic amines is 1. The van der Waals surface area contributed by atoms with Gasteiger partial charge in [0.25, 0.3) is 0 Å². The van der Waals surface area contributed by atoms with Crippen LogP contribution in [0, 0.1) is 13.8 Å². The first-order valence-electron chi connectivity index (χ1n) is 9.40. The minimum Gasteiger partial charge on any atom is -0.387 e. The van der Waals surface area contributed by atoms with Crippen LogP contribution in [0.4, 0.5) is 5.69 Å². The van der Waals surface area contributed by atoms with Gasteiger partial charge in [0.1, 0.15) is 0 Å². The van der Waals surface area contributed by atoms with Gasteiger partial charge in [-0.1, -0.05) is 24.3 Å². The molecule has 1 fully saturated rings. The highest BCUT2D eigenvalue weighted by Gasteiger charge is 2.21. The zero-order valence-corrected chi connectivity index (χ0v) is 15.6. The van der Waals surface area contributed by atoms with Crippen molar-refractivity contribution < 1.29 is 5.11 Å². The van der Waals surface area contributed by atoms with Gasteiger partial charge < -0.3 is 15.0 Å². The highest BCUT2D eigenvalue weighted by Crippen LogP contribution is 2.25. The number of nitrogens with one attached hydrogen (secondary N) is 1. The summed E-state index contributed by atoms with van der Waals surface area (Å²) in [7, 11) is 0. The van der Waals surface area contributed by atoms with Gasteiger partial charge in [0.05, 0.1) is 6.10 Å². The molecule has 136 valence electrons. The number of aryl methyl sites for hydroxylation is 1. The van der Waals surface area contributed by atoms with Gasteiger partial charge >= 0.3 is 0 Å². The van der Waals surface area contributed by atoms with Gasteiger partial charge in [-0.3, -0.25) is 4.90 Å². The molecule has 26 heavy (non-hydrogen) atoms. The van der Waals surface area contributed by atoms with Gasteiger partial charge in [-0.25, -0.2) is 0 Å². The van der Waals surface area contributed by atoms with E-state index >= 15 is 0 Å². The van der Waals surface area contributed by atoms with E-state index < -0.39 is 6.10 Å². The van der Waals surface area contributed by atoms with Crippen molar-refractivity contribution in [2.24, 2.45) is 0 Å². The first-order valence-corrected chi connectivity index (χ1v) is 9.40. The quantitative estimate of drug-likeness (QED) is 0.756. The molecule has 4 heteroatoms. The van der Waals surface area contributed by atoms with Crippen molar-refractivity contribution >= 4 is 16.6 Å². The lowest BCUT2D eigenvalue weighted by Crippen LogP contribution is -2.47. The maximum atomic E-state index is 10.7. The maximum absolute atomic E-state index is 10.7. The van der Waals surface area contributed by atoms with E-state index in [1.54, 1.807) is 0 Å². The number of H-pyrrole nitrogens is 1. The predicted molar refractivity (Wildman–Crippen MR) is 108 cm³/mol. The number of hydrogen-bond donors (Lipinski definition) is 2. The zero-order valence-electron chi connectivity index (χ0n) is 15.6. The summed E-state index contributed by atoms with van der Waals surface area (Å²) in [5.41, 5.74) is 6.14. The molecule has 2 heterocycles. The largest absolute Gasteiger partial charge is 0.387 e. The van der Waals surface area contributed by atoms with Crippen LogP contribution in [0.1, 0.15) is 22.8 Å². The second kappa shape index (κ2) is 7.14. The van der Waals surface area contributed by atoms with Gasteiger partial charge in [0, 0.05) is 50.1 Å². The van der Waals surface area contributed by atoms with Crippen molar-refractivity contribution in [3.05, 3.63) is 65.4 Å². The highest BCUT2D eigenvalue weighted by atomic mass is 16.3. The van der Waals surface area contributed by atoms with Crippen molar-refractivity contribution in [1.82, 2.24) is 9.88 Å².